The lowest BCUT2D eigenvalue weighted by molar-refractivity contribution is 0.511. The van der Waals surface area contributed by atoms with Gasteiger partial charge in [0.1, 0.15) is 0 Å². The van der Waals surface area contributed by atoms with Crippen molar-refractivity contribution in [1.29, 1.82) is 0 Å². The second-order valence-corrected chi connectivity index (χ2v) is 5.80. The van der Waals surface area contributed by atoms with E-state index >= 15 is 0 Å². The van der Waals surface area contributed by atoms with Crippen molar-refractivity contribution in [3.05, 3.63) is 0 Å². The van der Waals surface area contributed by atoms with Gasteiger partial charge in [0.25, 0.3) is 0 Å². The van der Waals surface area contributed by atoms with Gasteiger partial charge in [0, 0.05) is 0 Å². The molecule has 0 aromatic heterocycles. The molecular weight excluding hydrogens is 175 g/mol. The van der Waals surface area contributed by atoms with Crippen molar-refractivity contribution in [3.8, 4) is 0 Å². The highest BCUT2D eigenvalue weighted by molar-refractivity contribution is 7.38. The van der Waals surface area contributed by atoms with Crippen molar-refractivity contribution in [3.63, 3.8) is 0 Å². The molecule has 0 heterocycles. The molecule has 0 amide bonds. The summed E-state index contributed by atoms with van der Waals surface area (Å²) in [6, 6.07) is 0. The Bertz CT molecular complexity index is 104. The zero-order chi connectivity index (χ0) is 9.36. The summed E-state index contributed by atoms with van der Waals surface area (Å²) < 4.78 is 0. The molecule has 1 heteroatoms. The third-order valence-electron chi connectivity index (χ3n) is 2.97. The van der Waals surface area contributed by atoms with Gasteiger partial charge >= 0.3 is 0 Å². The lowest BCUT2D eigenvalue weighted by Gasteiger charge is -2.18. The van der Waals surface area contributed by atoms with E-state index in [2.05, 4.69) is 6.92 Å². The summed E-state index contributed by atoms with van der Waals surface area (Å²) in [4.78, 5) is 0. The molecule has 1 aliphatic rings. The average Bonchev–Trinajstić information content (AvgIpc) is 2.08. The monoisotopic (exact) mass is 199 g/mol. The van der Waals surface area contributed by atoms with Crippen LogP contribution in [0.4, 0.5) is 0 Å². The van der Waals surface area contributed by atoms with Crippen LogP contribution in [0.3, 0.4) is 0 Å². The van der Waals surface area contributed by atoms with Gasteiger partial charge in [-0.3, -0.25) is 0 Å². The molecule has 0 spiro atoms. The van der Waals surface area contributed by atoms with E-state index in [0.717, 1.165) is 5.66 Å². The van der Waals surface area contributed by atoms with E-state index in [9.17, 15) is 0 Å². The number of rotatable bonds is 4. The number of hydrogen-bond acceptors (Lipinski definition) is 0. The predicted octanol–water partition coefficient (Wildman–Crippen LogP) is 4.85. The molecule has 0 aromatic rings. The van der Waals surface area contributed by atoms with E-state index in [0.29, 0.717) is 0 Å². The molecule has 0 atom stereocenters. The number of unbranched alkanes of at least 4 members (excludes halogenated alkanes) is 1. The molecular formula is C12H24P. The highest BCUT2D eigenvalue weighted by Gasteiger charge is 2.10. The third-order valence-corrected chi connectivity index (χ3v) is 4.58. The molecule has 1 fully saturated rings. The van der Waals surface area contributed by atoms with Crippen LogP contribution in [0.25, 0.3) is 0 Å². The largest absolute Gasteiger partial charge is 0.0775 e. The first-order valence-corrected chi connectivity index (χ1v) is 7.25. The Kier molecular flexibility index (Phi) is 6.90. The summed E-state index contributed by atoms with van der Waals surface area (Å²) >= 11 is 0. The van der Waals surface area contributed by atoms with Gasteiger partial charge in [-0.05, 0) is 31.1 Å². The minimum absolute atomic E-state index is 1.06. The smallest absolute Gasteiger partial charge is 0.0170 e. The van der Waals surface area contributed by atoms with Crippen molar-refractivity contribution in [1.82, 2.24) is 0 Å². The summed E-state index contributed by atoms with van der Waals surface area (Å²) in [6.45, 7) is 2.30. The topological polar surface area (TPSA) is 0 Å². The minimum Gasteiger partial charge on any atom is -0.0775 e. The second-order valence-electron chi connectivity index (χ2n) is 4.26. The highest BCUT2D eigenvalue weighted by Crippen LogP contribution is 2.31. The fourth-order valence-electron chi connectivity index (χ4n) is 2.05. The third kappa shape index (κ3) is 5.68. The van der Waals surface area contributed by atoms with Crippen molar-refractivity contribution >= 4 is 8.58 Å². The van der Waals surface area contributed by atoms with E-state index in [1.807, 2.05) is 0 Å². The van der Waals surface area contributed by atoms with Gasteiger partial charge in [0.2, 0.25) is 0 Å². The Morgan fingerprint density at radius 1 is 1.00 bits per heavy atom. The first-order valence-electron chi connectivity index (χ1n) is 6.10. The van der Waals surface area contributed by atoms with E-state index in [4.69, 9.17) is 0 Å². The van der Waals surface area contributed by atoms with E-state index < -0.39 is 0 Å². The van der Waals surface area contributed by atoms with Crippen LogP contribution in [-0.4, -0.2) is 11.8 Å². The molecule has 1 aliphatic carbocycles. The molecule has 1 rings (SSSR count). The summed E-state index contributed by atoms with van der Waals surface area (Å²) in [5, 5.41) is 0. The molecule has 0 aliphatic heterocycles. The maximum atomic E-state index is 2.30. The molecule has 0 saturated heterocycles. The van der Waals surface area contributed by atoms with Gasteiger partial charge in [0.15, 0.2) is 0 Å². The zero-order valence-corrected chi connectivity index (χ0v) is 9.99. The summed E-state index contributed by atoms with van der Waals surface area (Å²) in [7, 11) is 1.76. The maximum absolute atomic E-state index is 2.30. The van der Waals surface area contributed by atoms with Gasteiger partial charge in [-0.15, -0.1) is 0 Å². The first-order chi connectivity index (χ1) is 6.43. The Hall–Kier alpha value is 0.430. The summed E-state index contributed by atoms with van der Waals surface area (Å²) in [6.07, 6.45) is 14.8. The fraction of sp³-hybridized carbons (Fsp3) is 1.00. The molecule has 0 unspecified atom stereocenters. The molecule has 1 radical (unpaired) electrons. The molecule has 0 bridgehead atoms. The fourth-order valence-corrected chi connectivity index (χ4v) is 3.64. The lowest BCUT2D eigenvalue weighted by Crippen LogP contribution is -2.04. The van der Waals surface area contributed by atoms with Crippen LogP contribution in [0.1, 0.15) is 64.7 Å². The van der Waals surface area contributed by atoms with E-state index in [1.54, 1.807) is 8.58 Å². The van der Waals surface area contributed by atoms with Crippen LogP contribution in [0.5, 0.6) is 0 Å². The molecule has 77 valence electrons. The summed E-state index contributed by atoms with van der Waals surface area (Å²) in [5.74, 6) is 0. The van der Waals surface area contributed by atoms with Crippen LogP contribution in [-0.2, 0) is 0 Å². The predicted molar refractivity (Wildman–Crippen MR) is 62.8 cm³/mol. The Morgan fingerprint density at radius 3 is 2.23 bits per heavy atom. The Labute approximate surface area is 85.7 Å². The lowest BCUT2D eigenvalue weighted by atomic mass is 10.0. The quantitative estimate of drug-likeness (QED) is 0.448. The molecule has 0 N–H and O–H groups in total. The van der Waals surface area contributed by atoms with E-state index in [1.165, 1.54) is 63.9 Å². The Morgan fingerprint density at radius 2 is 1.62 bits per heavy atom. The van der Waals surface area contributed by atoms with Crippen molar-refractivity contribution < 1.29 is 0 Å². The van der Waals surface area contributed by atoms with Crippen LogP contribution in [0.15, 0.2) is 0 Å². The van der Waals surface area contributed by atoms with Crippen LogP contribution >= 0.6 is 8.58 Å². The van der Waals surface area contributed by atoms with Crippen molar-refractivity contribution in [2.45, 2.75) is 70.4 Å². The first kappa shape index (κ1) is 11.5. The summed E-state index contributed by atoms with van der Waals surface area (Å²) in [5.41, 5.74) is 1.06. The Balaban J connectivity index is 2.06. The second kappa shape index (κ2) is 7.80. The minimum atomic E-state index is 1.06. The highest BCUT2D eigenvalue weighted by atomic mass is 31.1. The number of hydrogen-bond donors (Lipinski definition) is 0. The normalized spacial score (nSPS) is 21.9. The van der Waals surface area contributed by atoms with Crippen LogP contribution in [0.2, 0.25) is 0 Å². The van der Waals surface area contributed by atoms with Gasteiger partial charge < -0.3 is 0 Å². The zero-order valence-electron chi connectivity index (χ0n) is 9.10. The van der Waals surface area contributed by atoms with Crippen molar-refractivity contribution in [2.75, 3.05) is 6.16 Å². The molecule has 0 aromatic carbocycles. The van der Waals surface area contributed by atoms with E-state index in [-0.39, 0.29) is 0 Å². The maximum Gasteiger partial charge on any atom is -0.0170 e. The van der Waals surface area contributed by atoms with Crippen molar-refractivity contribution in [2.24, 2.45) is 0 Å². The SMILES string of the molecule is CCCC[P]C1CCCCCCC1. The van der Waals surface area contributed by atoms with Gasteiger partial charge in [-0.25, -0.2) is 0 Å². The van der Waals surface area contributed by atoms with Gasteiger partial charge in [0.05, 0.1) is 0 Å². The van der Waals surface area contributed by atoms with Crippen LogP contribution < -0.4 is 0 Å². The van der Waals surface area contributed by atoms with Gasteiger partial charge in [-0.2, -0.15) is 0 Å². The molecule has 0 nitrogen and oxygen atoms in total. The van der Waals surface area contributed by atoms with Crippen LogP contribution in [0, 0.1) is 0 Å². The molecule has 13 heavy (non-hydrogen) atoms. The molecule has 1 saturated carbocycles. The standard InChI is InChI=1S/C12H24P/c1-2-3-11-13-12-9-7-5-4-6-8-10-12/h12H,2-11H2,1H3. The van der Waals surface area contributed by atoms with Gasteiger partial charge in [-0.1, -0.05) is 54.0 Å². The average molecular weight is 199 g/mol.